The number of fused-ring (bicyclic) bond motifs is 6. The van der Waals surface area contributed by atoms with Crippen molar-refractivity contribution < 1.29 is 8.83 Å². The smallest absolute Gasteiger partial charge is 0.160 e. The third kappa shape index (κ3) is 5.60. The Morgan fingerprint density at radius 2 is 0.719 bits per heavy atom. The van der Waals surface area contributed by atoms with E-state index in [9.17, 15) is 0 Å². The van der Waals surface area contributed by atoms with E-state index in [0.717, 1.165) is 99.9 Å². The van der Waals surface area contributed by atoms with Crippen LogP contribution in [0.2, 0.25) is 0 Å². The molecule has 0 aliphatic rings. The molecule has 0 radical (unpaired) electrons. The first-order chi connectivity index (χ1) is 28.3. The van der Waals surface area contributed by atoms with Gasteiger partial charge in [0.1, 0.15) is 16.7 Å². The zero-order chi connectivity index (χ0) is 37.7. The van der Waals surface area contributed by atoms with Crippen molar-refractivity contribution in [1.29, 1.82) is 0 Å². The molecule has 0 atom stereocenters. The van der Waals surface area contributed by atoms with Gasteiger partial charge in [-0.05, 0) is 81.9 Å². The van der Waals surface area contributed by atoms with Crippen LogP contribution in [0.25, 0.3) is 88.4 Å². The Labute approximate surface area is 330 Å². The molecule has 0 saturated carbocycles. The van der Waals surface area contributed by atoms with Gasteiger partial charge in [-0.25, -0.2) is 0 Å². The van der Waals surface area contributed by atoms with Gasteiger partial charge in [0.25, 0.3) is 0 Å². The van der Waals surface area contributed by atoms with E-state index in [4.69, 9.17) is 8.83 Å². The lowest BCUT2D eigenvalue weighted by Crippen LogP contribution is -2.11. The van der Waals surface area contributed by atoms with Crippen molar-refractivity contribution in [1.82, 2.24) is 0 Å². The van der Waals surface area contributed by atoms with E-state index < -0.39 is 0 Å². The maximum absolute atomic E-state index is 6.83. The maximum atomic E-state index is 6.83. The Kier molecular flexibility index (Phi) is 7.82. The van der Waals surface area contributed by atoms with Crippen molar-refractivity contribution in [3.63, 3.8) is 0 Å². The predicted molar refractivity (Wildman–Crippen MR) is 237 cm³/mol. The number of rotatable bonds is 7. The van der Waals surface area contributed by atoms with Crippen LogP contribution in [0.5, 0.6) is 0 Å². The van der Waals surface area contributed by atoms with Crippen molar-refractivity contribution in [2.45, 2.75) is 0 Å². The Morgan fingerprint density at radius 1 is 0.281 bits per heavy atom. The highest BCUT2D eigenvalue weighted by Crippen LogP contribution is 2.48. The van der Waals surface area contributed by atoms with Gasteiger partial charge in [0, 0.05) is 44.0 Å². The normalized spacial score (nSPS) is 11.5. The van der Waals surface area contributed by atoms with Crippen LogP contribution in [0.3, 0.4) is 0 Å². The van der Waals surface area contributed by atoms with Gasteiger partial charge in [-0.15, -0.1) is 0 Å². The minimum absolute atomic E-state index is 0.844. The van der Waals surface area contributed by atoms with Crippen LogP contribution in [0.1, 0.15) is 0 Å². The topological polar surface area (TPSA) is 29.5 Å². The summed E-state index contributed by atoms with van der Waals surface area (Å²) in [5.74, 6) is 0. The molecule has 0 aliphatic carbocycles. The minimum Gasteiger partial charge on any atom is -0.455 e. The van der Waals surface area contributed by atoms with Gasteiger partial charge >= 0.3 is 0 Å². The molecule has 0 spiro atoms. The second-order valence-electron chi connectivity index (χ2n) is 14.4. The van der Waals surface area contributed by atoms with E-state index in [2.05, 4.69) is 199 Å². The molecule has 0 fully saturated rings. The highest BCUT2D eigenvalue weighted by atomic mass is 16.3. The fraction of sp³-hybridized carbons (Fsp3) is 0. The third-order valence-corrected chi connectivity index (χ3v) is 11.1. The molecule has 3 heteroatoms. The maximum Gasteiger partial charge on any atom is 0.160 e. The first-order valence-corrected chi connectivity index (χ1v) is 19.3. The standard InChI is InChI=1S/C54H35NO2/c1-4-14-36(15-5-1)37-24-28-41(29-25-37)55(52-44(38-16-6-2-7-17-38)33-35-47-46-20-10-12-22-49(46)57-54(47)52)42-30-26-40(27-31-42)43-32-34-45(39-18-8-3-9-19-39)53-51(43)48-21-11-13-23-50(48)56-53/h1-35H. The van der Waals surface area contributed by atoms with Gasteiger partial charge in [-0.1, -0.05) is 164 Å². The largest absolute Gasteiger partial charge is 0.455 e. The molecule has 11 aromatic rings. The van der Waals surface area contributed by atoms with Gasteiger partial charge in [0.05, 0.1) is 5.69 Å². The van der Waals surface area contributed by atoms with Gasteiger partial charge in [0.2, 0.25) is 0 Å². The fourth-order valence-electron chi connectivity index (χ4n) is 8.39. The molecule has 57 heavy (non-hydrogen) atoms. The average Bonchev–Trinajstić information content (AvgIpc) is 3.87. The molecule has 0 amide bonds. The lowest BCUT2D eigenvalue weighted by Gasteiger charge is -2.28. The predicted octanol–water partition coefficient (Wildman–Crippen LogP) is 15.6. The van der Waals surface area contributed by atoms with Crippen LogP contribution < -0.4 is 4.90 Å². The molecule has 2 aromatic heterocycles. The van der Waals surface area contributed by atoms with Crippen molar-refractivity contribution in [3.8, 4) is 44.5 Å². The highest BCUT2D eigenvalue weighted by Gasteiger charge is 2.25. The molecule has 268 valence electrons. The van der Waals surface area contributed by atoms with Crippen LogP contribution in [-0.2, 0) is 0 Å². The van der Waals surface area contributed by atoms with Gasteiger partial charge < -0.3 is 13.7 Å². The van der Waals surface area contributed by atoms with Crippen molar-refractivity contribution >= 4 is 60.9 Å². The SMILES string of the molecule is c1ccc(-c2ccc(N(c3ccc(-c4ccc(-c5ccccc5)c5oc6ccccc6c45)cc3)c3c(-c4ccccc4)ccc4c3oc3ccccc34)cc2)cc1. The first kappa shape index (κ1) is 32.8. The fourth-order valence-corrected chi connectivity index (χ4v) is 8.39. The quantitative estimate of drug-likeness (QED) is 0.164. The minimum atomic E-state index is 0.844. The molecule has 2 heterocycles. The number of nitrogens with zero attached hydrogens (tertiary/aromatic N) is 1. The van der Waals surface area contributed by atoms with Crippen molar-refractivity contribution in [3.05, 3.63) is 212 Å². The van der Waals surface area contributed by atoms with Gasteiger partial charge in [-0.2, -0.15) is 0 Å². The zero-order valence-electron chi connectivity index (χ0n) is 31.0. The summed E-state index contributed by atoms with van der Waals surface area (Å²) < 4.78 is 13.5. The molecule has 0 aliphatic heterocycles. The van der Waals surface area contributed by atoms with Gasteiger partial charge in [-0.3, -0.25) is 0 Å². The van der Waals surface area contributed by atoms with E-state index in [1.165, 1.54) is 5.56 Å². The molecular formula is C54H35NO2. The van der Waals surface area contributed by atoms with Gasteiger partial charge in [0.15, 0.2) is 5.58 Å². The van der Waals surface area contributed by atoms with Crippen LogP contribution in [0.15, 0.2) is 221 Å². The summed E-state index contributed by atoms with van der Waals surface area (Å²) in [6.45, 7) is 0. The summed E-state index contributed by atoms with van der Waals surface area (Å²) in [6.07, 6.45) is 0. The zero-order valence-corrected chi connectivity index (χ0v) is 31.0. The van der Waals surface area contributed by atoms with Crippen LogP contribution in [-0.4, -0.2) is 0 Å². The Bertz CT molecular complexity index is 3200. The molecule has 9 aromatic carbocycles. The number of anilines is 3. The van der Waals surface area contributed by atoms with Crippen molar-refractivity contribution in [2.75, 3.05) is 4.90 Å². The highest BCUT2D eigenvalue weighted by molar-refractivity contribution is 6.17. The summed E-state index contributed by atoms with van der Waals surface area (Å²) in [5, 5.41) is 4.40. The Hall–Kier alpha value is -7.62. The van der Waals surface area contributed by atoms with E-state index >= 15 is 0 Å². The Balaban J connectivity index is 1.12. The third-order valence-electron chi connectivity index (χ3n) is 11.1. The molecular weight excluding hydrogens is 695 g/mol. The van der Waals surface area contributed by atoms with Crippen molar-refractivity contribution in [2.24, 2.45) is 0 Å². The van der Waals surface area contributed by atoms with E-state index in [0.29, 0.717) is 0 Å². The Morgan fingerprint density at radius 3 is 1.37 bits per heavy atom. The number of hydrogen-bond acceptors (Lipinski definition) is 3. The monoisotopic (exact) mass is 729 g/mol. The summed E-state index contributed by atoms with van der Waals surface area (Å²) in [6, 6.07) is 74.9. The number of benzene rings is 9. The van der Waals surface area contributed by atoms with Crippen LogP contribution in [0.4, 0.5) is 17.1 Å². The summed E-state index contributed by atoms with van der Waals surface area (Å²) >= 11 is 0. The molecule has 0 bridgehead atoms. The molecule has 3 nitrogen and oxygen atoms in total. The summed E-state index contributed by atoms with van der Waals surface area (Å²) in [5.41, 5.74) is 15.5. The average molecular weight is 730 g/mol. The molecule has 0 N–H and O–H groups in total. The molecule has 0 saturated heterocycles. The summed E-state index contributed by atoms with van der Waals surface area (Å²) in [7, 11) is 0. The summed E-state index contributed by atoms with van der Waals surface area (Å²) in [4.78, 5) is 2.35. The van der Waals surface area contributed by atoms with Crippen LogP contribution in [0, 0.1) is 0 Å². The van der Waals surface area contributed by atoms with Crippen LogP contribution >= 0.6 is 0 Å². The number of hydrogen-bond donors (Lipinski definition) is 0. The molecule has 11 rings (SSSR count). The second kappa shape index (κ2) is 13.6. The number of para-hydroxylation sites is 2. The van der Waals surface area contributed by atoms with E-state index in [1.807, 2.05) is 18.2 Å². The number of furan rings is 2. The lowest BCUT2D eigenvalue weighted by atomic mass is 9.94. The molecule has 0 unspecified atom stereocenters. The van der Waals surface area contributed by atoms with E-state index in [1.54, 1.807) is 0 Å². The van der Waals surface area contributed by atoms with E-state index in [-0.39, 0.29) is 0 Å². The second-order valence-corrected chi connectivity index (χ2v) is 14.4. The lowest BCUT2D eigenvalue weighted by molar-refractivity contribution is 0.669. The first-order valence-electron chi connectivity index (χ1n) is 19.3.